The molecule has 142 valence electrons. The Hall–Kier alpha value is -1.95. The topological polar surface area (TPSA) is 71.5 Å². The molecule has 0 radical (unpaired) electrons. The molecule has 1 saturated heterocycles. The molecule has 2 aliphatic rings. The second kappa shape index (κ2) is 9.67. The van der Waals surface area contributed by atoms with Gasteiger partial charge in [-0.15, -0.1) is 0 Å². The van der Waals surface area contributed by atoms with E-state index in [4.69, 9.17) is 4.74 Å². The maximum atomic E-state index is 12.6. The van der Waals surface area contributed by atoms with Crippen LogP contribution in [0.3, 0.4) is 0 Å². The molecule has 0 spiro atoms. The molecule has 0 unspecified atom stereocenters. The Labute approximate surface area is 155 Å². The molecule has 2 fully saturated rings. The van der Waals surface area contributed by atoms with Crippen molar-refractivity contribution < 1.29 is 14.3 Å². The molecule has 1 N–H and O–H groups in total. The summed E-state index contributed by atoms with van der Waals surface area (Å²) in [7, 11) is 0. The summed E-state index contributed by atoms with van der Waals surface area (Å²) in [6, 6.07) is 5.28. The van der Waals surface area contributed by atoms with Gasteiger partial charge in [0, 0.05) is 38.4 Å². The second-order valence-corrected chi connectivity index (χ2v) is 7.23. The predicted molar refractivity (Wildman–Crippen MR) is 99.1 cm³/mol. The smallest absolute Gasteiger partial charge is 0.317 e. The molecule has 2 amide bonds. The first kappa shape index (κ1) is 18.8. The quantitative estimate of drug-likeness (QED) is 0.600. The summed E-state index contributed by atoms with van der Waals surface area (Å²) in [6.45, 7) is 2.49. The zero-order valence-electron chi connectivity index (χ0n) is 15.4. The number of hydrogen-bond acceptors (Lipinski definition) is 4. The first-order valence-electron chi connectivity index (χ1n) is 9.83. The van der Waals surface area contributed by atoms with Crippen molar-refractivity contribution in [1.29, 1.82) is 0 Å². The van der Waals surface area contributed by atoms with E-state index >= 15 is 0 Å². The summed E-state index contributed by atoms with van der Waals surface area (Å²) >= 11 is 0. The largest absolute Gasteiger partial charge is 0.378 e. The van der Waals surface area contributed by atoms with Crippen molar-refractivity contribution >= 4 is 11.8 Å². The molecule has 1 aliphatic heterocycles. The van der Waals surface area contributed by atoms with E-state index in [1.807, 2.05) is 6.07 Å². The SMILES string of the molecule is O=C(c1ccccn1)[C@H]1CCCN(C(=O)NCCCOC2CCCC2)C1. The molecule has 2 heterocycles. The van der Waals surface area contributed by atoms with Crippen LogP contribution in [0.1, 0.15) is 55.4 Å². The molecule has 1 aromatic rings. The van der Waals surface area contributed by atoms with Gasteiger partial charge in [0.05, 0.1) is 6.10 Å². The first-order valence-corrected chi connectivity index (χ1v) is 9.83. The minimum atomic E-state index is -0.157. The van der Waals surface area contributed by atoms with Gasteiger partial charge < -0.3 is 15.0 Å². The third kappa shape index (κ3) is 5.27. The van der Waals surface area contributed by atoms with Crippen molar-refractivity contribution in [2.75, 3.05) is 26.2 Å². The highest BCUT2D eigenvalue weighted by molar-refractivity contribution is 5.96. The van der Waals surface area contributed by atoms with Gasteiger partial charge >= 0.3 is 6.03 Å². The van der Waals surface area contributed by atoms with Crippen molar-refractivity contribution in [2.24, 2.45) is 5.92 Å². The number of hydrogen-bond donors (Lipinski definition) is 1. The van der Waals surface area contributed by atoms with Gasteiger partial charge in [-0.05, 0) is 44.2 Å². The van der Waals surface area contributed by atoms with Crippen LogP contribution in [0, 0.1) is 5.92 Å². The summed E-state index contributed by atoms with van der Waals surface area (Å²) in [5.74, 6) is -0.122. The van der Waals surface area contributed by atoms with Crippen LogP contribution in [0.25, 0.3) is 0 Å². The highest BCUT2D eigenvalue weighted by Crippen LogP contribution is 2.21. The van der Waals surface area contributed by atoms with E-state index in [2.05, 4.69) is 10.3 Å². The van der Waals surface area contributed by atoms with Gasteiger partial charge in [0.25, 0.3) is 0 Å². The number of ether oxygens (including phenoxy) is 1. The molecule has 1 aliphatic carbocycles. The lowest BCUT2D eigenvalue weighted by Gasteiger charge is -2.32. The monoisotopic (exact) mass is 359 g/mol. The molecule has 6 nitrogen and oxygen atoms in total. The predicted octanol–water partition coefficient (Wildman–Crippen LogP) is 3.04. The number of piperidine rings is 1. The van der Waals surface area contributed by atoms with Crippen molar-refractivity contribution in [1.82, 2.24) is 15.2 Å². The number of amides is 2. The molecule has 0 bridgehead atoms. The van der Waals surface area contributed by atoms with Crippen LogP contribution in [0.15, 0.2) is 24.4 Å². The second-order valence-electron chi connectivity index (χ2n) is 7.23. The molecule has 1 saturated carbocycles. The van der Waals surface area contributed by atoms with Gasteiger partial charge in [0.2, 0.25) is 0 Å². The molecular formula is C20H29N3O3. The number of carbonyl (C=O) groups excluding carboxylic acids is 2. The lowest BCUT2D eigenvalue weighted by molar-refractivity contribution is 0.0569. The Morgan fingerprint density at radius 3 is 2.81 bits per heavy atom. The fraction of sp³-hybridized carbons (Fsp3) is 0.650. The zero-order valence-corrected chi connectivity index (χ0v) is 15.4. The number of carbonyl (C=O) groups is 2. The minimum Gasteiger partial charge on any atom is -0.378 e. The molecule has 6 heteroatoms. The number of nitrogens with one attached hydrogen (secondary N) is 1. The summed E-state index contributed by atoms with van der Waals surface area (Å²) < 4.78 is 5.81. The Kier molecular flexibility index (Phi) is 7.00. The third-order valence-corrected chi connectivity index (χ3v) is 5.25. The summed E-state index contributed by atoms with van der Waals surface area (Å²) in [5.41, 5.74) is 0.490. The number of Topliss-reactive ketones (excluding diaryl/α,β-unsaturated/α-hetero) is 1. The molecule has 1 aromatic heterocycles. The Morgan fingerprint density at radius 1 is 1.19 bits per heavy atom. The van der Waals surface area contributed by atoms with E-state index in [0.717, 1.165) is 19.3 Å². The van der Waals surface area contributed by atoms with Crippen LogP contribution in [-0.4, -0.2) is 54.0 Å². The Balaban J connectivity index is 1.38. The van der Waals surface area contributed by atoms with Crippen molar-refractivity contribution in [3.8, 4) is 0 Å². The van der Waals surface area contributed by atoms with Gasteiger partial charge in [-0.1, -0.05) is 18.9 Å². The normalized spacial score (nSPS) is 20.9. The van der Waals surface area contributed by atoms with Crippen LogP contribution in [0.5, 0.6) is 0 Å². The lowest BCUT2D eigenvalue weighted by Crippen LogP contribution is -2.47. The Morgan fingerprint density at radius 2 is 2.04 bits per heavy atom. The number of ketones is 1. The molecular weight excluding hydrogens is 330 g/mol. The maximum absolute atomic E-state index is 12.6. The van der Waals surface area contributed by atoms with Gasteiger partial charge in [-0.25, -0.2) is 4.79 Å². The number of urea groups is 1. The van der Waals surface area contributed by atoms with Crippen LogP contribution in [-0.2, 0) is 4.74 Å². The molecule has 3 rings (SSSR count). The minimum absolute atomic E-state index is 0.0352. The fourth-order valence-electron chi connectivity index (χ4n) is 3.78. The van der Waals surface area contributed by atoms with Gasteiger partial charge in [-0.3, -0.25) is 9.78 Å². The van der Waals surface area contributed by atoms with Gasteiger partial charge in [0.1, 0.15) is 5.69 Å². The van der Waals surface area contributed by atoms with E-state index < -0.39 is 0 Å². The number of nitrogens with zero attached hydrogens (tertiary/aromatic N) is 2. The molecule has 26 heavy (non-hydrogen) atoms. The number of rotatable bonds is 7. The summed E-state index contributed by atoms with van der Waals surface area (Å²) in [5, 5.41) is 2.96. The highest BCUT2D eigenvalue weighted by Gasteiger charge is 2.29. The van der Waals surface area contributed by atoms with Crippen molar-refractivity contribution in [3.05, 3.63) is 30.1 Å². The number of aromatic nitrogens is 1. The number of likely N-dealkylation sites (tertiary alicyclic amines) is 1. The summed E-state index contributed by atoms with van der Waals surface area (Å²) in [6.07, 6.45) is 9.43. The van der Waals surface area contributed by atoms with Crippen LogP contribution < -0.4 is 5.32 Å². The van der Waals surface area contributed by atoms with E-state index in [9.17, 15) is 9.59 Å². The van der Waals surface area contributed by atoms with E-state index in [-0.39, 0.29) is 17.7 Å². The number of pyridine rings is 1. The zero-order chi connectivity index (χ0) is 18.2. The van der Waals surface area contributed by atoms with Crippen LogP contribution in [0.4, 0.5) is 4.79 Å². The van der Waals surface area contributed by atoms with Crippen LogP contribution >= 0.6 is 0 Å². The van der Waals surface area contributed by atoms with Gasteiger partial charge in [-0.2, -0.15) is 0 Å². The average Bonchev–Trinajstić information content (AvgIpc) is 3.21. The average molecular weight is 359 g/mol. The van der Waals surface area contributed by atoms with E-state index in [1.54, 1.807) is 23.2 Å². The lowest BCUT2D eigenvalue weighted by atomic mass is 9.92. The summed E-state index contributed by atoms with van der Waals surface area (Å²) in [4.78, 5) is 30.8. The highest BCUT2D eigenvalue weighted by atomic mass is 16.5. The van der Waals surface area contributed by atoms with Crippen LogP contribution in [0.2, 0.25) is 0 Å². The van der Waals surface area contributed by atoms with Gasteiger partial charge in [0.15, 0.2) is 5.78 Å². The first-order chi connectivity index (χ1) is 12.7. The Bertz CT molecular complexity index is 587. The van der Waals surface area contributed by atoms with Crippen molar-refractivity contribution in [3.63, 3.8) is 0 Å². The standard InChI is InChI=1S/C20H29N3O3/c24-19(18-10-3-4-11-21-18)16-7-5-13-23(15-16)20(25)22-12-6-14-26-17-8-1-2-9-17/h3-4,10-11,16-17H,1-2,5-9,12-15H2,(H,22,25)/t16-/m0/s1. The maximum Gasteiger partial charge on any atom is 0.317 e. The fourth-order valence-corrected chi connectivity index (χ4v) is 3.78. The molecule has 1 atom stereocenters. The molecule has 0 aromatic carbocycles. The van der Waals surface area contributed by atoms with Crippen molar-refractivity contribution in [2.45, 2.75) is 51.0 Å². The van der Waals surface area contributed by atoms with E-state index in [0.29, 0.717) is 38.0 Å². The van der Waals surface area contributed by atoms with E-state index in [1.165, 1.54) is 25.7 Å². The third-order valence-electron chi connectivity index (χ3n) is 5.25.